The number of alkyl halides is 3. The highest BCUT2D eigenvalue weighted by Crippen LogP contribution is 2.31. The van der Waals surface area contributed by atoms with Crippen molar-refractivity contribution < 1.29 is 22.7 Å². The molecule has 1 unspecified atom stereocenters. The number of hydrogen-bond acceptors (Lipinski definition) is 3. The van der Waals surface area contributed by atoms with E-state index in [1.54, 1.807) is 12.1 Å². The molecule has 0 bridgehead atoms. The summed E-state index contributed by atoms with van der Waals surface area (Å²) in [7, 11) is 0. The van der Waals surface area contributed by atoms with Crippen molar-refractivity contribution in [2.75, 3.05) is 5.75 Å². The number of halogens is 3. The molecule has 0 fully saturated rings. The predicted molar refractivity (Wildman–Crippen MR) is 81.5 cm³/mol. The number of carbonyl (C=O) groups excluding carboxylic acids is 1. The lowest BCUT2D eigenvalue weighted by molar-refractivity contribution is -0.0329. The number of amides is 1. The zero-order chi connectivity index (χ0) is 16.6. The third-order valence-electron chi connectivity index (χ3n) is 2.74. The Morgan fingerprint density at radius 3 is 2.45 bits per heavy atom. The molecule has 124 valence electrons. The Morgan fingerprint density at radius 1 is 1.27 bits per heavy atom. The summed E-state index contributed by atoms with van der Waals surface area (Å²) < 4.78 is 41.9. The van der Waals surface area contributed by atoms with Gasteiger partial charge in [0, 0.05) is 11.8 Å². The predicted octanol–water partition coefficient (Wildman–Crippen LogP) is 4.58. The summed E-state index contributed by atoms with van der Waals surface area (Å²) in [6.07, 6.45) is -0.235. The third kappa shape index (κ3) is 8.81. The first-order valence-corrected chi connectivity index (χ1v) is 7.92. The maximum atomic E-state index is 12.3. The van der Waals surface area contributed by atoms with E-state index >= 15 is 0 Å². The molecule has 0 radical (unpaired) electrons. The van der Waals surface area contributed by atoms with Crippen molar-refractivity contribution >= 4 is 17.9 Å². The van der Waals surface area contributed by atoms with Gasteiger partial charge in [-0.15, -0.1) is 0 Å². The summed E-state index contributed by atoms with van der Waals surface area (Å²) in [4.78, 5) is 11.7. The monoisotopic (exact) mass is 335 g/mol. The highest BCUT2D eigenvalue weighted by molar-refractivity contribution is 8.00. The van der Waals surface area contributed by atoms with Crippen LogP contribution in [0.3, 0.4) is 0 Å². The molecule has 3 nitrogen and oxygen atoms in total. The van der Waals surface area contributed by atoms with Crippen molar-refractivity contribution in [2.45, 2.75) is 38.4 Å². The van der Waals surface area contributed by atoms with Gasteiger partial charge >= 0.3 is 11.6 Å². The topological polar surface area (TPSA) is 38.3 Å². The van der Waals surface area contributed by atoms with Gasteiger partial charge in [-0.05, 0) is 29.7 Å². The average molecular weight is 335 g/mol. The largest absolute Gasteiger partial charge is 0.445 e. The van der Waals surface area contributed by atoms with Gasteiger partial charge < -0.3 is 10.1 Å². The lowest BCUT2D eigenvalue weighted by Crippen LogP contribution is -2.38. The van der Waals surface area contributed by atoms with E-state index in [4.69, 9.17) is 4.74 Å². The first kappa shape index (κ1) is 18.7. The number of ether oxygens (including phenoxy) is 1. The second-order valence-electron chi connectivity index (χ2n) is 5.29. The van der Waals surface area contributed by atoms with Gasteiger partial charge in [-0.25, -0.2) is 4.79 Å². The maximum absolute atomic E-state index is 12.3. The van der Waals surface area contributed by atoms with Gasteiger partial charge in [-0.1, -0.05) is 44.2 Å². The lowest BCUT2D eigenvalue weighted by atomic mass is 10.1. The molecule has 0 aliphatic heterocycles. The van der Waals surface area contributed by atoms with Crippen LogP contribution in [0.15, 0.2) is 30.3 Å². The molecule has 0 saturated carbocycles. The van der Waals surface area contributed by atoms with Crippen LogP contribution in [0, 0.1) is 5.92 Å². The average Bonchev–Trinajstić information content (AvgIpc) is 2.42. The molecule has 1 rings (SSSR count). The molecule has 22 heavy (non-hydrogen) atoms. The van der Waals surface area contributed by atoms with Crippen LogP contribution < -0.4 is 5.32 Å². The van der Waals surface area contributed by atoms with Crippen LogP contribution in [0.5, 0.6) is 0 Å². The van der Waals surface area contributed by atoms with Gasteiger partial charge in [0.2, 0.25) is 0 Å². The molecule has 0 saturated heterocycles. The van der Waals surface area contributed by atoms with Crippen molar-refractivity contribution in [3.63, 3.8) is 0 Å². The van der Waals surface area contributed by atoms with Crippen LogP contribution >= 0.6 is 11.8 Å². The SMILES string of the molecule is CC(C)CC(CSC(F)(F)F)NC(=O)OCc1ccccc1. The summed E-state index contributed by atoms with van der Waals surface area (Å²) in [6, 6.07) is 8.51. The number of hydrogen-bond donors (Lipinski definition) is 1. The molecule has 1 aromatic carbocycles. The molecule has 0 aromatic heterocycles. The van der Waals surface area contributed by atoms with Crippen molar-refractivity contribution in [3.05, 3.63) is 35.9 Å². The van der Waals surface area contributed by atoms with Crippen LogP contribution in [0.2, 0.25) is 0 Å². The summed E-state index contributed by atoms with van der Waals surface area (Å²) in [5.74, 6) is -0.0458. The van der Waals surface area contributed by atoms with Crippen molar-refractivity contribution in [2.24, 2.45) is 5.92 Å². The van der Waals surface area contributed by atoms with Gasteiger partial charge in [-0.3, -0.25) is 0 Å². The fraction of sp³-hybridized carbons (Fsp3) is 0.533. The molecular formula is C15H20F3NO2S. The summed E-state index contributed by atoms with van der Waals surface area (Å²) in [5, 5.41) is 2.51. The van der Waals surface area contributed by atoms with E-state index in [0.717, 1.165) is 5.56 Å². The fourth-order valence-electron chi connectivity index (χ4n) is 1.86. The normalized spacial score (nSPS) is 13.0. The van der Waals surface area contributed by atoms with E-state index in [-0.39, 0.29) is 30.0 Å². The molecule has 0 aliphatic rings. The van der Waals surface area contributed by atoms with Gasteiger partial charge in [0.05, 0.1) is 0 Å². The third-order valence-corrected chi connectivity index (χ3v) is 3.64. The minimum Gasteiger partial charge on any atom is -0.445 e. The Hall–Kier alpha value is -1.37. The Morgan fingerprint density at radius 2 is 1.91 bits per heavy atom. The Kier molecular flexibility index (Phi) is 7.58. The van der Waals surface area contributed by atoms with E-state index in [1.807, 2.05) is 32.0 Å². The molecule has 0 aliphatic carbocycles. The highest BCUT2D eigenvalue weighted by atomic mass is 32.2. The van der Waals surface area contributed by atoms with Gasteiger partial charge in [0.15, 0.2) is 0 Å². The summed E-state index contributed by atoms with van der Waals surface area (Å²) >= 11 is -0.130. The molecule has 0 heterocycles. The smallest absolute Gasteiger partial charge is 0.441 e. The van der Waals surface area contributed by atoms with Crippen molar-refractivity contribution in [3.8, 4) is 0 Å². The lowest BCUT2D eigenvalue weighted by Gasteiger charge is -2.20. The van der Waals surface area contributed by atoms with E-state index in [2.05, 4.69) is 5.32 Å². The number of alkyl carbamates (subject to hydrolysis) is 1. The van der Waals surface area contributed by atoms with Crippen LogP contribution in [-0.4, -0.2) is 23.4 Å². The van der Waals surface area contributed by atoms with E-state index in [9.17, 15) is 18.0 Å². The number of rotatable bonds is 7. The van der Waals surface area contributed by atoms with Crippen molar-refractivity contribution in [1.29, 1.82) is 0 Å². The minimum absolute atomic E-state index is 0.0908. The van der Waals surface area contributed by atoms with Crippen LogP contribution in [-0.2, 0) is 11.3 Å². The molecule has 7 heteroatoms. The summed E-state index contributed by atoms with van der Waals surface area (Å²) in [6.45, 7) is 3.87. The van der Waals surface area contributed by atoms with E-state index in [0.29, 0.717) is 6.42 Å². The van der Waals surface area contributed by atoms with Crippen molar-refractivity contribution in [1.82, 2.24) is 5.32 Å². The van der Waals surface area contributed by atoms with Crippen LogP contribution in [0.4, 0.5) is 18.0 Å². The first-order chi connectivity index (χ1) is 10.3. The van der Waals surface area contributed by atoms with Gasteiger partial charge in [-0.2, -0.15) is 13.2 Å². The Balaban J connectivity index is 2.44. The number of benzene rings is 1. The second-order valence-corrected chi connectivity index (χ2v) is 6.37. The molecule has 1 amide bonds. The van der Waals surface area contributed by atoms with Gasteiger partial charge in [0.25, 0.3) is 0 Å². The van der Waals surface area contributed by atoms with Gasteiger partial charge in [0.1, 0.15) is 6.61 Å². The first-order valence-electron chi connectivity index (χ1n) is 6.94. The minimum atomic E-state index is -4.30. The molecule has 0 spiro atoms. The number of nitrogens with one attached hydrogen (secondary N) is 1. The number of carbonyl (C=O) groups is 1. The quantitative estimate of drug-likeness (QED) is 0.792. The van der Waals surface area contributed by atoms with Crippen LogP contribution in [0.25, 0.3) is 0 Å². The molecular weight excluding hydrogens is 315 g/mol. The van der Waals surface area contributed by atoms with Crippen LogP contribution in [0.1, 0.15) is 25.8 Å². The fourth-order valence-corrected chi connectivity index (χ4v) is 2.47. The second kappa shape index (κ2) is 8.92. The summed E-state index contributed by atoms with van der Waals surface area (Å²) in [5.41, 5.74) is -3.48. The van der Waals surface area contributed by atoms with E-state index in [1.165, 1.54) is 0 Å². The maximum Gasteiger partial charge on any atom is 0.441 e. The molecule has 1 aromatic rings. The Bertz CT molecular complexity index is 452. The zero-order valence-electron chi connectivity index (χ0n) is 12.5. The zero-order valence-corrected chi connectivity index (χ0v) is 13.3. The Labute approximate surface area is 132 Å². The molecule has 1 N–H and O–H groups in total. The van der Waals surface area contributed by atoms with E-state index < -0.39 is 17.6 Å². The standard InChI is InChI=1S/C15H20F3NO2S/c1-11(2)8-13(10-22-15(16,17)18)19-14(20)21-9-12-6-4-3-5-7-12/h3-7,11,13H,8-10H2,1-2H3,(H,19,20). The highest BCUT2D eigenvalue weighted by Gasteiger charge is 2.30. The number of thioether (sulfide) groups is 1. The molecule has 1 atom stereocenters.